The van der Waals surface area contributed by atoms with E-state index in [1.54, 1.807) is 0 Å². The molecule has 0 aliphatic carbocycles. The Bertz CT molecular complexity index is 523. The van der Waals surface area contributed by atoms with Gasteiger partial charge in [0.15, 0.2) is 5.82 Å². The van der Waals surface area contributed by atoms with Crippen molar-refractivity contribution in [1.29, 1.82) is 0 Å². The van der Waals surface area contributed by atoms with E-state index in [1.807, 2.05) is 6.20 Å². The smallest absolute Gasteiger partial charge is 0.161 e. The molecule has 1 heterocycles. The number of hydrogen-bond acceptors (Lipinski definition) is 3. The number of aryl methyl sites for hydroxylation is 1. The van der Waals surface area contributed by atoms with E-state index in [-0.39, 0.29) is 0 Å². The van der Waals surface area contributed by atoms with Crippen LogP contribution in [0.15, 0.2) is 30.5 Å². The predicted octanol–water partition coefficient (Wildman–Crippen LogP) is 3.88. The first-order valence-corrected chi connectivity index (χ1v) is 7.12. The van der Waals surface area contributed by atoms with Gasteiger partial charge in [0.2, 0.25) is 0 Å². The monoisotopic (exact) mass is 353 g/mol. The Morgan fingerprint density at radius 1 is 1.22 bits per heavy atom. The average molecular weight is 353 g/mol. The highest BCUT2D eigenvalue weighted by Crippen LogP contribution is 2.20. The van der Waals surface area contributed by atoms with Gasteiger partial charge in [-0.3, -0.25) is 0 Å². The van der Waals surface area contributed by atoms with Gasteiger partial charge in [0.1, 0.15) is 5.82 Å². The van der Waals surface area contributed by atoms with Crippen LogP contribution in [0.5, 0.6) is 0 Å². The van der Waals surface area contributed by atoms with Gasteiger partial charge in [-0.2, -0.15) is 0 Å². The fourth-order valence-corrected chi connectivity index (χ4v) is 2.03. The molecule has 0 fully saturated rings. The van der Waals surface area contributed by atoms with Gasteiger partial charge in [-0.05, 0) is 35.9 Å². The van der Waals surface area contributed by atoms with Crippen LogP contribution in [0, 0.1) is 10.5 Å². The van der Waals surface area contributed by atoms with Gasteiger partial charge in [0.25, 0.3) is 0 Å². The summed E-state index contributed by atoms with van der Waals surface area (Å²) in [5, 5.41) is 3.33. The number of anilines is 1. The summed E-state index contributed by atoms with van der Waals surface area (Å²) in [7, 11) is 0. The molecule has 0 radical (unpaired) electrons. The Morgan fingerprint density at radius 3 is 2.61 bits per heavy atom. The minimum atomic E-state index is 0.772. The van der Waals surface area contributed by atoms with Crippen LogP contribution >= 0.6 is 22.6 Å². The van der Waals surface area contributed by atoms with Gasteiger partial charge in [0, 0.05) is 18.3 Å². The summed E-state index contributed by atoms with van der Waals surface area (Å²) in [5.74, 6) is 1.69. The minimum absolute atomic E-state index is 0.772. The molecule has 94 valence electrons. The van der Waals surface area contributed by atoms with Crippen molar-refractivity contribution in [3.63, 3.8) is 0 Å². The molecule has 0 atom stereocenters. The Kier molecular flexibility index (Phi) is 4.52. The fourth-order valence-electron chi connectivity index (χ4n) is 1.58. The maximum absolute atomic E-state index is 4.58. The van der Waals surface area contributed by atoms with Crippen molar-refractivity contribution < 1.29 is 0 Å². The summed E-state index contributed by atoms with van der Waals surface area (Å²) in [6.45, 7) is 5.15. The molecule has 0 saturated carbocycles. The van der Waals surface area contributed by atoms with Crippen LogP contribution in [-0.4, -0.2) is 16.5 Å². The predicted molar refractivity (Wildman–Crippen MR) is 83.7 cm³/mol. The number of halogens is 1. The molecule has 0 aliphatic heterocycles. The highest BCUT2D eigenvalue weighted by Gasteiger charge is 2.06. The molecular formula is C14H16IN3. The van der Waals surface area contributed by atoms with Crippen molar-refractivity contribution in [2.75, 3.05) is 11.9 Å². The molecule has 0 amide bonds. The van der Waals surface area contributed by atoms with E-state index in [2.05, 4.69) is 76.0 Å². The number of rotatable bonds is 4. The molecule has 1 aromatic carbocycles. The lowest BCUT2D eigenvalue weighted by molar-refractivity contribution is 0.963. The molecule has 18 heavy (non-hydrogen) atoms. The molecule has 0 spiro atoms. The number of nitrogens with one attached hydrogen (secondary N) is 1. The standard InChI is InChI=1S/C14H16IN3/c1-3-8-16-14-12(15)9-17-13(18-14)11-6-4-10(2)5-7-11/h4-7,9H,3,8H2,1-2H3,(H,16,17,18). The normalized spacial score (nSPS) is 10.4. The molecule has 2 aromatic rings. The first-order valence-electron chi connectivity index (χ1n) is 6.04. The highest BCUT2D eigenvalue weighted by atomic mass is 127. The molecule has 1 N–H and O–H groups in total. The molecule has 0 bridgehead atoms. The van der Waals surface area contributed by atoms with Gasteiger partial charge >= 0.3 is 0 Å². The van der Waals surface area contributed by atoms with E-state index in [4.69, 9.17) is 0 Å². The summed E-state index contributed by atoms with van der Waals surface area (Å²) in [6.07, 6.45) is 2.95. The van der Waals surface area contributed by atoms with E-state index >= 15 is 0 Å². The second-order valence-electron chi connectivity index (χ2n) is 4.18. The SMILES string of the molecule is CCCNc1nc(-c2ccc(C)cc2)ncc1I. The molecule has 0 saturated heterocycles. The van der Waals surface area contributed by atoms with Gasteiger partial charge in [-0.25, -0.2) is 9.97 Å². The second-order valence-corrected chi connectivity index (χ2v) is 5.35. The van der Waals surface area contributed by atoms with Crippen molar-refractivity contribution in [3.8, 4) is 11.4 Å². The fraction of sp³-hybridized carbons (Fsp3) is 0.286. The number of hydrogen-bond donors (Lipinski definition) is 1. The molecular weight excluding hydrogens is 337 g/mol. The lowest BCUT2D eigenvalue weighted by Gasteiger charge is -2.08. The van der Waals surface area contributed by atoms with Crippen LogP contribution in [0.3, 0.4) is 0 Å². The van der Waals surface area contributed by atoms with Crippen molar-refractivity contribution in [2.24, 2.45) is 0 Å². The lowest BCUT2D eigenvalue weighted by atomic mass is 10.1. The summed E-state index contributed by atoms with van der Waals surface area (Å²) >= 11 is 2.25. The zero-order valence-corrected chi connectivity index (χ0v) is 12.7. The summed E-state index contributed by atoms with van der Waals surface area (Å²) in [4.78, 5) is 8.97. The summed E-state index contributed by atoms with van der Waals surface area (Å²) in [5.41, 5.74) is 2.30. The maximum Gasteiger partial charge on any atom is 0.161 e. The maximum atomic E-state index is 4.58. The third-order valence-electron chi connectivity index (χ3n) is 2.60. The number of aromatic nitrogens is 2. The quantitative estimate of drug-likeness (QED) is 0.848. The Morgan fingerprint density at radius 2 is 1.94 bits per heavy atom. The van der Waals surface area contributed by atoms with Crippen molar-refractivity contribution in [3.05, 3.63) is 39.6 Å². The van der Waals surface area contributed by atoms with Gasteiger partial charge in [-0.15, -0.1) is 0 Å². The number of nitrogens with zero attached hydrogens (tertiary/aromatic N) is 2. The molecule has 0 unspecified atom stereocenters. The second kappa shape index (κ2) is 6.13. The van der Waals surface area contributed by atoms with Crippen LogP contribution in [0.2, 0.25) is 0 Å². The van der Waals surface area contributed by atoms with Crippen LogP contribution < -0.4 is 5.32 Å². The number of benzene rings is 1. The highest BCUT2D eigenvalue weighted by molar-refractivity contribution is 14.1. The third kappa shape index (κ3) is 3.19. The summed E-state index contributed by atoms with van der Waals surface area (Å²) < 4.78 is 1.05. The molecule has 3 nitrogen and oxygen atoms in total. The van der Waals surface area contributed by atoms with Crippen LogP contribution in [-0.2, 0) is 0 Å². The van der Waals surface area contributed by atoms with E-state index in [0.29, 0.717) is 0 Å². The first kappa shape index (κ1) is 13.3. The van der Waals surface area contributed by atoms with Crippen molar-refractivity contribution in [2.45, 2.75) is 20.3 Å². The van der Waals surface area contributed by atoms with E-state index in [9.17, 15) is 0 Å². The van der Waals surface area contributed by atoms with E-state index < -0.39 is 0 Å². The third-order valence-corrected chi connectivity index (χ3v) is 3.39. The molecule has 4 heteroatoms. The molecule has 2 rings (SSSR count). The van der Waals surface area contributed by atoms with E-state index in [1.165, 1.54) is 5.56 Å². The first-order chi connectivity index (χ1) is 8.70. The topological polar surface area (TPSA) is 37.8 Å². The van der Waals surface area contributed by atoms with Crippen molar-refractivity contribution in [1.82, 2.24) is 9.97 Å². The zero-order valence-electron chi connectivity index (χ0n) is 10.6. The van der Waals surface area contributed by atoms with Crippen LogP contribution in [0.1, 0.15) is 18.9 Å². The van der Waals surface area contributed by atoms with Crippen LogP contribution in [0.25, 0.3) is 11.4 Å². The average Bonchev–Trinajstić information content (AvgIpc) is 2.39. The van der Waals surface area contributed by atoms with Gasteiger partial charge in [0.05, 0.1) is 3.57 Å². The summed E-state index contributed by atoms with van der Waals surface area (Å²) in [6, 6.07) is 8.27. The van der Waals surface area contributed by atoms with Gasteiger partial charge < -0.3 is 5.32 Å². The van der Waals surface area contributed by atoms with Gasteiger partial charge in [-0.1, -0.05) is 36.8 Å². The molecule has 1 aromatic heterocycles. The van der Waals surface area contributed by atoms with E-state index in [0.717, 1.165) is 33.7 Å². The van der Waals surface area contributed by atoms with Crippen LogP contribution in [0.4, 0.5) is 5.82 Å². The molecule has 0 aliphatic rings. The minimum Gasteiger partial charge on any atom is -0.369 e. The Labute approximate surface area is 121 Å². The lowest BCUT2D eigenvalue weighted by Crippen LogP contribution is -2.05. The Balaban J connectivity index is 2.31. The zero-order chi connectivity index (χ0) is 13.0. The largest absolute Gasteiger partial charge is 0.369 e. The Hall–Kier alpha value is -1.17. The van der Waals surface area contributed by atoms with Crippen molar-refractivity contribution >= 4 is 28.4 Å².